The van der Waals surface area contributed by atoms with E-state index in [2.05, 4.69) is 15.6 Å². The SMILES string of the molecule is Cc1ccc(NC(=O)Nc2c(C)nc3sccn3c2=O)cc1C. The van der Waals surface area contributed by atoms with Crippen molar-refractivity contribution in [2.75, 3.05) is 10.6 Å². The molecule has 0 bridgehead atoms. The van der Waals surface area contributed by atoms with Gasteiger partial charge in [0.25, 0.3) is 5.56 Å². The third-order valence-electron chi connectivity index (χ3n) is 3.65. The summed E-state index contributed by atoms with van der Waals surface area (Å²) in [6.07, 6.45) is 1.64. The number of benzene rings is 1. The fourth-order valence-corrected chi connectivity index (χ4v) is 2.97. The molecular weight excluding hydrogens is 312 g/mol. The Morgan fingerprint density at radius 3 is 2.70 bits per heavy atom. The quantitative estimate of drug-likeness (QED) is 0.757. The van der Waals surface area contributed by atoms with Crippen molar-refractivity contribution in [3.05, 3.63) is 57.0 Å². The number of amides is 2. The van der Waals surface area contributed by atoms with E-state index in [9.17, 15) is 9.59 Å². The van der Waals surface area contributed by atoms with Crippen LogP contribution in [0.1, 0.15) is 16.8 Å². The zero-order chi connectivity index (χ0) is 16.6. The number of hydrogen-bond acceptors (Lipinski definition) is 4. The first-order valence-corrected chi connectivity index (χ1v) is 7.95. The molecule has 7 heteroatoms. The van der Waals surface area contributed by atoms with E-state index in [1.165, 1.54) is 15.7 Å². The number of nitrogens with one attached hydrogen (secondary N) is 2. The van der Waals surface area contributed by atoms with Gasteiger partial charge in [-0.15, -0.1) is 11.3 Å². The van der Waals surface area contributed by atoms with Crippen molar-refractivity contribution in [3.8, 4) is 0 Å². The number of fused-ring (bicyclic) bond motifs is 1. The second-order valence-corrected chi connectivity index (χ2v) is 6.18. The van der Waals surface area contributed by atoms with Gasteiger partial charge in [-0.25, -0.2) is 9.78 Å². The topological polar surface area (TPSA) is 75.5 Å². The number of carbonyl (C=O) groups excluding carboxylic acids is 1. The summed E-state index contributed by atoms with van der Waals surface area (Å²) in [5, 5.41) is 7.11. The molecule has 0 aliphatic heterocycles. The zero-order valence-corrected chi connectivity index (χ0v) is 13.8. The smallest absolute Gasteiger partial charge is 0.308 e. The second kappa shape index (κ2) is 5.85. The van der Waals surface area contributed by atoms with Crippen molar-refractivity contribution in [1.82, 2.24) is 9.38 Å². The van der Waals surface area contributed by atoms with Gasteiger partial charge in [0.15, 0.2) is 4.96 Å². The van der Waals surface area contributed by atoms with Crippen molar-refractivity contribution < 1.29 is 4.79 Å². The average Bonchev–Trinajstić information content (AvgIpc) is 2.95. The molecule has 2 amide bonds. The zero-order valence-electron chi connectivity index (χ0n) is 13.0. The summed E-state index contributed by atoms with van der Waals surface area (Å²) < 4.78 is 1.42. The van der Waals surface area contributed by atoms with E-state index in [1.807, 2.05) is 32.0 Å². The van der Waals surface area contributed by atoms with E-state index in [0.717, 1.165) is 11.1 Å². The Labute approximate surface area is 136 Å². The van der Waals surface area contributed by atoms with Gasteiger partial charge in [-0.3, -0.25) is 9.20 Å². The second-order valence-electron chi connectivity index (χ2n) is 5.31. The Morgan fingerprint density at radius 1 is 1.17 bits per heavy atom. The van der Waals surface area contributed by atoms with Crippen molar-refractivity contribution in [2.24, 2.45) is 0 Å². The van der Waals surface area contributed by atoms with Gasteiger partial charge >= 0.3 is 6.03 Å². The molecule has 0 atom stereocenters. The molecule has 23 heavy (non-hydrogen) atoms. The molecule has 0 fully saturated rings. The summed E-state index contributed by atoms with van der Waals surface area (Å²) in [7, 11) is 0. The van der Waals surface area contributed by atoms with Crippen LogP contribution in [-0.4, -0.2) is 15.4 Å². The van der Waals surface area contributed by atoms with Crippen LogP contribution in [0.3, 0.4) is 0 Å². The molecule has 0 aliphatic carbocycles. The molecule has 0 unspecified atom stereocenters. The molecule has 0 saturated heterocycles. The van der Waals surface area contributed by atoms with Crippen molar-refractivity contribution in [2.45, 2.75) is 20.8 Å². The number of carbonyl (C=O) groups is 1. The molecule has 3 aromatic rings. The highest BCUT2D eigenvalue weighted by molar-refractivity contribution is 7.15. The van der Waals surface area contributed by atoms with E-state index in [0.29, 0.717) is 16.3 Å². The van der Waals surface area contributed by atoms with Crippen LogP contribution in [0.5, 0.6) is 0 Å². The van der Waals surface area contributed by atoms with Crippen LogP contribution >= 0.6 is 11.3 Å². The Balaban J connectivity index is 1.85. The van der Waals surface area contributed by atoms with Crippen LogP contribution in [0.4, 0.5) is 16.2 Å². The molecule has 1 aromatic carbocycles. The molecule has 2 N–H and O–H groups in total. The van der Waals surface area contributed by atoms with Gasteiger partial charge < -0.3 is 10.6 Å². The highest BCUT2D eigenvalue weighted by atomic mass is 32.1. The summed E-state index contributed by atoms with van der Waals surface area (Å²) >= 11 is 1.37. The maximum atomic E-state index is 12.4. The van der Waals surface area contributed by atoms with Crippen LogP contribution in [0, 0.1) is 20.8 Å². The fourth-order valence-electron chi connectivity index (χ4n) is 2.22. The first-order chi connectivity index (χ1) is 11.0. The molecule has 0 saturated carbocycles. The normalized spacial score (nSPS) is 10.7. The minimum Gasteiger partial charge on any atom is -0.308 e. The number of thiazole rings is 1. The average molecular weight is 328 g/mol. The lowest BCUT2D eigenvalue weighted by Gasteiger charge is -2.10. The first-order valence-electron chi connectivity index (χ1n) is 7.07. The van der Waals surface area contributed by atoms with Gasteiger partial charge in [0, 0.05) is 17.3 Å². The van der Waals surface area contributed by atoms with Crippen LogP contribution < -0.4 is 16.2 Å². The summed E-state index contributed by atoms with van der Waals surface area (Å²) in [6, 6.07) is 5.17. The Kier molecular flexibility index (Phi) is 3.87. The lowest BCUT2D eigenvalue weighted by molar-refractivity contribution is 0.262. The molecule has 2 aromatic heterocycles. The molecule has 2 heterocycles. The fraction of sp³-hybridized carbons (Fsp3) is 0.188. The Bertz CT molecular complexity index is 958. The maximum absolute atomic E-state index is 12.4. The minimum atomic E-state index is -0.467. The first kappa shape index (κ1) is 15.2. The number of aromatic nitrogens is 2. The number of aryl methyl sites for hydroxylation is 3. The number of urea groups is 1. The van der Waals surface area contributed by atoms with E-state index in [-0.39, 0.29) is 11.2 Å². The van der Waals surface area contributed by atoms with E-state index < -0.39 is 6.03 Å². The summed E-state index contributed by atoms with van der Waals surface area (Å²) in [5.74, 6) is 0. The lowest BCUT2D eigenvalue weighted by Crippen LogP contribution is -2.27. The monoisotopic (exact) mass is 328 g/mol. The number of nitrogens with zero attached hydrogens (tertiary/aromatic N) is 2. The standard InChI is InChI=1S/C16H16N4O2S/c1-9-4-5-12(8-10(9)2)18-15(22)19-13-11(3)17-16-20(14(13)21)6-7-23-16/h4-8H,1-3H3,(H2,18,19,22). The van der Waals surface area contributed by atoms with E-state index in [1.54, 1.807) is 18.5 Å². The molecule has 0 aliphatic rings. The van der Waals surface area contributed by atoms with Crippen molar-refractivity contribution in [3.63, 3.8) is 0 Å². The molecule has 0 spiro atoms. The molecule has 6 nitrogen and oxygen atoms in total. The highest BCUT2D eigenvalue weighted by Gasteiger charge is 2.13. The number of hydrogen-bond donors (Lipinski definition) is 2. The summed E-state index contributed by atoms with van der Waals surface area (Å²) in [4.78, 5) is 29.5. The van der Waals surface area contributed by atoms with Crippen LogP contribution in [0.25, 0.3) is 4.96 Å². The maximum Gasteiger partial charge on any atom is 0.323 e. The molecule has 0 radical (unpaired) electrons. The third kappa shape index (κ3) is 2.95. The van der Waals surface area contributed by atoms with Gasteiger partial charge in [-0.05, 0) is 44.0 Å². The third-order valence-corrected chi connectivity index (χ3v) is 4.41. The number of anilines is 2. The lowest BCUT2D eigenvalue weighted by atomic mass is 10.1. The van der Waals surface area contributed by atoms with Crippen LogP contribution in [0.2, 0.25) is 0 Å². The largest absolute Gasteiger partial charge is 0.323 e. The Hall–Kier alpha value is -2.67. The van der Waals surface area contributed by atoms with Gasteiger partial charge in [-0.1, -0.05) is 6.07 Å². The van der Waals surface area contributed by atoms with Crippen molar-refractivity contribution >= 4 is 33.7 Å². The summed E-state index contributed by atoms with van der Waals surface area (Å²) in [6.45, 7) is 5.68. The predicted octanol–water partition coefficient (Wildman–Crippen LogP) is 3.33. The van der Waals surface area contributed by atoms with Gasteiger partial charge in [0.2, 0.25) is 0 Å². The van der Waals surface area contributed by atoms with Gasteiger partial charge in [0.05, 0.1) is 5.69 Å². The van der Waals surface area contributed by atoms with Gasteiger partial charge in [-0.2, -0.15) is 0 Å². The molecule has 3 rings (SSSR count). The highest BCUT2D eigenvalue weighted by Crippen LogP contribution is 2.16. The molecule has 118 valence electrons. The summed E-state index contributed by atoms with van der Waals surface area (Å²) in [5.41, 5.74) is 3.30. The van der Waals surface area contributed by atoms with Crippen LogP contribution in [0.15, 0.2) is 34.6 Å². The van der Waals surface area contributed by atoms with Crippen LogP contribution in [-0.2, 0) is 0 Å². The van der Waals surface area contributed by atoms with Crippen molar-refractivity contribution in [1.29, 1.82) is 0 Å². The van der Waals surface area contributed by atoms with E-state index >= 15 is 0 Å². The predicted molar refractivity (Wildman–Crippen MR) is 92.6 cm³/mol. The molecular formula is C16H16N4O2S. The van der Waals surface area contributed by atoms with Gasteiger partial charge in [0.1, 0.15) is 5.69 Å². The minimum absolute atomic E-state index is 0.183. The van der Waals surface area contributed by atoms with E-state index in [4.69, 9.17) is 0 Å². The number of rotatable bonds is 2. The Morgan fingerprint density at radius 2 is 1.96 bits per heavy atom.